The number of hydrogen-bond donors (Lipinski definition) is 0. The lowest BCUT2D eigenvalue weighted by Gasteiger charge is -2.28. The highest BCUT2D eigenvalue weighted by Crippen LogP contribution is 2.38. The molecule has 1 heterocycles. The minimum atomic E-state index is 0.569. The summed E-state index contributed by atoms with van der Waals surface area (Å²) in [5.41, 5.74) is 0.569. The molecule has 2 rings (SSSR count). The van der Waals surface area contributed by atoms with Gasteiger partial charge in [0.05, 0.1) is 0 Å². The van der Waals surface area contributed by atoms with Crippen LogP contribution in [0.3, 0.4) is 0 Å². The number of nitrogens with zero attached hydrogens (tertiary/aromatic N) is 1. The Bertz CT molecular complexity index is 120. The van der Waals surface area contributed by atoms with Crippen molar-refractivity contribution >= 4 is 0 Å². The summed E-state index contributed by atoms with van der Waals surface area (Å²) in [5, 5.41) is 4.31. The van der Waals surface area contributed by atoms with Crippen molar-refractivity contribution < 1.29 is 0 Å². The monoisotopic (exact) mass is 108 g/mol. The summed E-state index contributed by atoms with van der Waals surface area (Å²) in [4.78, 5) is 0. The summed E-state index contributed by atoms with van der Waals surface area (Å²) in [6.45, 7) is 2.20. The highest BCUT2D eigenvalue weighted by atomic mass is 14.9. The summed E-state index contributed by atoms with van der Waals surface area (Å²) in [6, 6.07) is 0. The molecule has 2 aliphatic rings. The van der Waals surface area contributed by atoms with Crippen molar-refractivity contribution in [2.45, 2.75) is 12.8 Å². The molecule has 0 aromatic carbocycles. The summed E-state index contributed by atoms with van der Waals surface area (Å²) in [7, 11) is 0. The Morgan fingerprint density at radius 1 is 1.50 bits per heavy atom. The fourth-order valence-corrected chi connectivity index (χ4v) is 1.44. The molecular weight excluding hydrogens is 98.1 g/mol. The lowest BCUT2D eigenvalue weighted by molar-refractivity contribution is 0.391. The first-order chi connectivity index (χ1) is 3.91. The number of hydrogen-bond acceptors (Lipinski definition) is 0. The van der Waals surface area contributed by atoms with Crippen LogP contribution in [-0.2, 0) is 0 Å². The predicted octanol–water partition coefficient (Wildman–Crippen LogP) is 0.941. The van der Waals surface area contributed by atoms with Crippen LogP contribution in [0, 0.1) is 5.41 Å². The van der Waals surface area contributed by atoms with E-state index in [4.69, 9.17) is 0 Å². The average molecular weight is 108 g/mol. The van der Waals surface area contributed by atoms with Gasteiger partial charge in [0.1, 0.15) is 0 Å². The van der Waals surface area contributed by atoms with Crippen molar-refractivity contribution in [3.8, 4) is 0 Å². The minimum absolute atomic E-state index is 0.569. The number of allylic oxidation sites excluding steroid dienone is 1. The van der Waals surface area contributed by atoms with Crippen molar-refractivity contribution in [3.63, 3.8) is 0 Å². The molecule has 1 saturated heterocycles. The van der Waals surface area contributed by atoms with Crippen LogP contribution in [0.25, 0.3) is 0 Å². The molecule has 43 valence electrons. The Kier molecular flexibility index (Phi) is 0.770. The zero-order valence-electron chi connectivity index (χ0n) is 4.93. The molecule has 1 heteroatoms. The lowest BCUT2D eigenvalue weighted by Crippen LogP contribution is -2.23. The normalized spacial score (nSPS) is 43.0. The standard InChI is InChI=1S/C7H10N/c1-2-7(3-1)4-5-8-6-7/h1-2H,3-6H2. The van der Waals surface area contributed by atoms with Gasteiger partial charge in [0, 0.05) is 18.5 Å². The first-order valence-electron chi connectivity index (χ1n) is 3.22. The molecule has 0 amide bonds. The quantitative estimate of drug-likeness (QED) is 0.410. The van der Waals surface area contributed by atoms with Crippen LogP contribution in [0.15, 0.2) is 12.2 Å². The van der Waals surface area contributed by atoms with E-state index in [2.05, 4.69) is 17.5 Å². The van der Waals surface area contributed by atoms with Gasteiger partial charge >= 0.3 is 0 Å². The molecule has 0 N–H and O–H groups in total. The highest BCUT2D eigenvalue weighted by Gasteiger charge is 2.34. The van der Waals surface area contributed by atoms with Crippen LogP contribution in [-0.4, -0.2) is 13.1 Å². The minimum Gasteiger partial charge on any atom is -0.241 e. The molecule has 1 nitrogen and oxygen atoms in total. The first-order valence-corrected chi connectivity index (χ1v) is 3.22. The second kappa shape index (κ2) is 1.35. The van der Waals surface area contributed by atoms with Crippen LogP contribution < -0.4 is 5.32 Å². The first kappa shape index (κ1) is 4.57. The van der Waals surface area contributed by atoms with Crippen molar-refractivity contribution in [2.24, 2.45) is 5.41 Å². The van der Waals surface area contributed by atoms with Gasteiger partial charge in [-0.15, -0.1) is 0 Å². The van der Waals surface area contributed by atoms with E-state index in [0.717, 1.165) is 13.1 Å². The average Bonchev–Trinajstić information content (AvgIpc) is 2.07. The summed E-state index contributed by atoms with van der Waals surface area (Å²) in [6.07, 6.45) is 7.17. The Labute approximate surface area is 49.8 Å². The maximum Gasteiger partial charge on any atom is 0.0228 e. The van der Waals surface area contributed by atoms with E-state index in [1.165, 1.54) is 12.8 Å². The molecule has 1 aliphatic heterocycles. The topological polar surface area (TPSA) is 14.1 Å². The molecule has 0 saturated carbocycles. The van der Waals surface area contributed by atoms with Crippen molar-refractivity contribution in [3.05, 3.63) is 12.2 Å². The third kappa shape index (κ3) is 0.451. The van der Waals surface area contributed by atoms with Gasteiger partial charge in [-0.2, -0.15) is 0 Å². The lowest BCUT2D eigenvalue weighted by atomic mass is 9.76. The third-order valence-electron chi connectivity index (χ3n) is 2.19. The van der Waals surface area contributed by atoms with E-state index in [-0.39, 0.29) is 0 Å². The van der Waals surface area contributed by atoms with Gasteiger partial charge in [-0.05, 0) is 12.8 Å². The summed E-state index contributed by atoms with van der Waals surface area (Å²) < 4.78 is 0. The van der Waals surface area contributed by atoms with E-state index in [0.29, 0.717) is 5.41 Å². The van der Waals surface area contributed by atoms with Gasteiger partial charge in [-0.1, -0.05) is 12.2 Å². The molecule has 1 aliphatic carbocycles. The molecule has 1 fully saturated rings. The SMILES string of the molecule is C1=CC2(C1)CC[N]C2. The smallest absolute Gasteiger partial charge is 0.0228 e. The number of rotatable bonds is 0. The van der Waals surface area contributed by atoms with E-state index >= 15 is 0 Å². The Morgan fingerprint density at radius 3 is 2.62 bits per heavy atom. The molecule has 0 bridgehead atoms. The van der Waals surface area contributed by atoms with Crippen LogP contribution in [0.5, 0.6) is 0 Å². The van der Waals surface area contributed by atoms with Crippen LogP contribution >= 0.6 is 0 Å². The maximum absolute atomic E-state index is 4.31. The van der Waals surface area contributed by atoms with Crippen molar-refractivity contribution in [1.82, 2.24) is 5.32 Å². The Hall–Kier alpha value is -0.300. The molecule has 8 heavy (non-hydrogen) atoms. The molecular formula is C7H10N. The van der Waals surface area contributed by atoms with E-state index in [1.54, 1.807) is 0 Å². The Morgan fingerprint density at radius 2 is 2.38 bits per heavy atom. The fraction of sp³-hybridized carbons (Fsp3) is 0.714. The molecule has 1 radical (unpaired) electrons. The zero-order chi connectivity index (χ0) is 5.45. The molecule has 1 unspecified atom stereocenters. The van der Waals surface area contributed by atoms with E-state index in [9.17, 15) is 0 Å². The second-order valence-electron chi connectivity index (χ2n) is 2.82. The predicted molar refractivity (Wildman–Crippen MR) is 32.7 cm³/mol. The molecule has 1 atom stereocenters. The molecule has 0 aromatic heterocycles. The van der Waals surface area contributed by atoms with Crippen molar-refractivity contribution in [1.29, 1.82) is 0 Å². The van der Waals surface area contributed by atoms with E-state index < -0.39 is 0 Å². The molecule has 0 aromatic rings. The van der Waals surface area contributed by atoms with Gasteiger partial charge in [-0.25, -0.2) is 5.32 Å². The molecule has 1 spiro atoms. The van der Waals surface area contributed by atoms with Crippen molar-refractivity contribution in [2.75, 3.05) is 13.1 Å². The zero-order valence-corrected chi connectivity index (χ0v) is 4.93. The fourth-order valence-electron chi connectivity index (χ4n) is 1.44. The highest BCUT2D eigenvalue weighted by molar-refractivity contribution is 5.15. The van der Waals surface area contributed by atoms with Gasteiger partial charge in [0.15, 0.2) is 0 Å². The second-order valence-corrected chi connectivity index (χ2v) is 2.82. The van der Waals surface area contributed by atoms with Gasteiger partial charge in [0.2, 0.25) is 0 Å². The van der Waals surface area contributed by atoms with E-state index in [1.807, 2.05) is 0 Å². The van der Waals surface area contributed by atoms with Crippen LogP contribution in [0.4, 0.5) is 0 Å². The maximum atomic E-state index is 4.31. The van der Waals surface area contributed by atoms with Gasteiger partial charge in [-0.3, -0.25) is 0 Å². The summed E-state index contributed by atoms with van der Waals surface area (Å²) in [5.74, 6) is 0. The van der Waals surface area contributed by atoms with Crippen LogP contribution in [0.1, 0.15) is 12.8 Å². The Balaban J connectivity index is 2.14. The third-order valence-corrected chi connectivity index (χ3v) is 2.19. The largest absolute Gasteiger partial charge is 0.241 e. The van der Waals surface area contributed by atoms with Gasteiger partial charge in [0.25, 0.3) is 0 Å². The van der Waals surface area contributed by atoms with Crippen LogP contribution in [0.2, 0.25) is 0 Å². The van der Waals surface area contributed by atoms with Gasteiger partial charge < -0.3 is 0 Å². The summed E-state index contributed by atoms with van der Waals surface area (Å²) >= 11 is 0.